The molecule has 0 bridgehead atoms. The summed E-state index contributed by atoms with van der Waals surface area (Å²) in [6.07, 6.45) is 0. The van der Waals surface area contributed by atoms with Crippen molar-refractivity contribution in [3.8, 4) is 0 Å². The largest absolute Gasteiger partial charge is 0.358 e. The van der Waals surface area contributed by atoms with E-state index in [1.54, 1.807) is 0 Å². The summed E-state index contributed by atoms with van der Waals surface area (Å²) in [6.45, 7) is 4.83. The molecule has 2 amide bonds. The minimum absolute atomic E-state index is 0.174. The minimum Gasteiger partial charge on any atom is -0.358 e. The lowest BCUT2D eigenvalue weighted by atomic mass is 10.3. The van der Waals surface area contributed by atoms with Gasteiger partial charge in [0.2, 0.25) is 0 Å². The maximum Gasteiger partial charge on any atom is 0.336 e. The SMILES string of the molecule is CC1(C)NN(C(=O)Nc2ccccc2)CCO1. The third kappa shape index (κ3) is 3.18. The molecular formula is C12H17N3O2. The van der Waals surface area contributed by atoms with Crippen LogP contribution in [0.5, 0.6) is 0 Å². The highest BCUT2D eigenvalue weighted by molar-refractivity contribution is 5.88. The van der Waals surface area contributed by atoms with Crippen molar-refractivity contribution >= 4 is 11.7 Å². The minimum atomic E-state index is -0.508. The predicted molar refractivity (Wildman–Crippen MR) is 65.3 cm³/mol. The van der Waals surface area contributed by atoms with Crippen LogP contribution in [-0.2, 0) is 4.74 Å². The monoisotopic (exact) mass is 235 g/mol. The molecule has 0 aliphatic carbocycles. The van der Waals surface area contributed by atoms with E-state index in [-0.39, 0.29) is 6.03 Å². The third-order valence-corrected chi connectivity index (χ3v) is 2.45. The summed E-state index contributed by atoms with van der Waals surface area (Å²) in [6, 6.07) is 9.20. The zero-order valence-electron chi connectivity index (χ0n) is 10.1. The molecule has 0 saturated carbocycles. The summed E-state index contributed by atoms with van der Waals surface area (Å²) < 4.78 is 5.46. The van der Waals surface area contributed by atoms with Crippen molar-refractivity contribution in [2.45, 2.75) is 19.6 Å². The molecule has 5 heteroatoms. The average molecular weight is 235 g/mol. The Labute approximate surface area is 101 Å². The number of anilines is 1. The Hall–Kier alpha value is -1.59. The van der Waals surface area contributed by atoms with Crippen molar-refractivity contribution in [2.24, 2.45) is 0 Å². The molecule has 17 heavy (non-hydrogen) atoms. The van der Waals surface area contributed by atoms with E-state index >= 15 is 0 Å². The summed E-state index contributed by atoms with van der Waals surface area (Å²) >= 11 is 0. The quantitative estimate of drug-likeness (QED) is 0.780. The molecule has 0 spiro atoms. The molecule has 1 aromatic carbocycles. The van der Waals surface area contributed by atoms with E-state index in [1.165, 1.54) is 5.01 Å². The van der Waals surface area contributed by atoms with Gasteiger partial charge >= 0.3 is 6.03 Å². The van der Waals surface area contributed by atoms with Gasteiger partial charge in [-0.15, -0.1) is 0 Å². The number of para-hydroxylation sites is 1. The number of nitrogens with one attached hydrogen (secondary N) is 2. The van der Waals surface area contributed by atoms with E-state index in [2.05, 4.69) is 10.7 Å². The van der Waals surface area contributed by atoms with Gasteiger partial charge in [0.05, 0.1) is 13.2 Å². The maximum absolute atomic E-state index is 12.0. The molecule has 2 N–H and O–H groups in total. The van der Waals surface area contributed by atoms with E-state index < -0.39 is 5.72 Å². The Morgan fingerprint density at radius 1 is 1.41 bits per heavy atom. The van der Waals surface area contributed by atoms with Gasteiger partial charge in [-0.25, -0.2) is 4.79 Å². The van der Waals surface area contributed by atoms with Crippen LogP contribution in [0.2, 0.25) is 0 Å². The number of hydrogen-bond acceptors (Lipinski definition) is 3. The van der Waals surface area contributed by atoms with Crippen LogP contribution in [0.1, 0.15) is 13.8 Å². The second kappa shape index (κ2) is 4.73. The highest BCUT2D eigenvalue weighted by atomic mass is 16.5. The fraction of sp³-hybridized carbons (Fsp3) is 0.417. The van der Waals surface area contributed by atoms with Crippen molar-refractivity contribution in [3.05, 3.63) is 30.3 Å². The molecule has 1 saturated heterocycles. The van der Waals surface area contributed by atoms with Crippen LogP contribution in [-0.4, -0.2) is 29.9 Å². The second-order valence-corrected chi connectivity index (χ2v) is 4.42. The molecule has 92 valence electrons. The fourth-order valence-corrected chi connectivity index (χ4v) is 1.67. The van der Waals surface area contributed by atoms with Crippen molar-refractivity contribution < 1.29 is 9.53 Å². The summed E-state index contributed by atoms with van der Waals surface area (Å²) in [5.74, 6) is 0. The van der Waals surface area contributed by atoms with Crippen molar-refractivity contribution in [1.29, 1.82) is 0 Å². The smallest absolute Gasteiger partial charge is 0.336 e. The Kier molecular flexibility index (Phi) is 3.31. The number of carbonyl (C=O) groups excluding carboxylic acids is 1. The van der Waals surface area contributed by atoms with E-state index in [4.69, 9.17) is 4.74 Å². The molecule has 1 aromatic rings. The van der Waals surface area contributed by atoms with Crippen LogP contribution in [0.4, 0.5) is 10.5 Å². The highest BCUT2D eigenvalue weighted by Crippen LogP contribution is 2.12. The number of carbonyl (C=O) groups is 1. The number of benzene rings is 1. The first-order valence-corrected chi connectivity index (χ1v) is 5.62. The number of amides is 2. The number of ether oxygens (including phenoxy) is 1. The first-order chi connectivity index (χ1) is 8.07. The van der Waals surface area contributed by atoms with Gasteiger partial charge in [0.15, 0.2) is 0 Å². The van der Waals surface area contributed by atoms with E-state index in [9.17, 15) is 4.79 Å². The molecule has 5 nitrogen and oxygen atoms in total. The van der Waals surface area contributed by atoms with Crippen molar-refractivity contribution in [2.75, 3.05) is 18.5 Å². The van der Waals surface area contributed by atoms with Crippen LogP contribution >= 0.6 is 0 Å². The molecule has 0 unspecified atom stereocenters. The lowest BCUT2D eigenvalue weighted by molar-refractivity contribution is -0.123. The summed E-state index contributed by atoms with van der Waals surface area (Å²) in [5, 5.41) is 4.36. The molecular weight excluding hydrogens is 218 g/mol. The Morgan fingerprint density at radius 3 is 2.76 bits per heavy atom. The lowest BCUT2D eigenvalue weighted by Crippen LogP contribution is -2.61. The summed E-state index contributed by atoms with van der Waals surface area (Å²) in [7, 11) is 0. The standard InChI is InChI=1S/C12H17N3O2/c1-12(2)14-15(8-9-17-12)11(16)13-10-6-4-3-5-7-10/h3-7,14H,8-9H2,1-2H3,(H,13,16). The van der Waals surface area contributed by atoms with E-state index in [1.807, 2.05) is 44.2 Å². The van der Waals surface area contributed by atoms with Gasteiger partial charge in [0, 0.05) is 5.69 Å². The number of rotatable bonds is 1. The summed E-state index contributed by atoms with van der Waals surface area (Å²) in [4.78, 5) is 12.0. The average Bonchev–Trinajstić information content (AvgIpc) is 2.29. The highest BCUT2D eigenvalue weighted by Gasteiger charge is 2.29. The topological polar surface area (TPSA) is 53.6 Å². The van der Waals surface area contributed by atoms with Gasteiger partial charge in [-0.05, 0) is 26.0 Å². The van der Waals surface area contributed by atoms with E-state index in [0.29, 0.717) is 13.2 Å². The fourth-order valence-electron chi connectivity index (χ4n) is 1.67. The molecule has 0 aromatic heterocycles. The Bertz CT molecular complexity index is 392. The van der Waals surface area contributed by atoms with Crippen molar-refractivity contribution in [1.82, 2.24) is 10.4 Å². The number of hydrogen-bond donors (Lipinski definition) is 2. The molecule has 0 atom stereocenters. The Balaban J connectivity index is 1.96. The first-order valence-electron chi connectivity index (χ1n) is 5.62. The lowest BCUT2D eigenvalue weighted by Gasteiger charge is -2.38. The second-order valence-electron chi connectivity index (χ2n) is 4.42. The van der Waals surface area contributed by atoms with Gasteiger partial charge in [-0.2, -0.15) is 5.43 Å². The van der Waals surface area contributed by atoms with Crippen LogP contribution in [0.25, 0.3) is 0 Å². The van der Waals surface area contributed by atoms with Crippen LogP contribution in [0, 0.1) is 0 Å². The first kappa shape index (κ1) is 11.9. The van der Waals surface area contributed by atoms with Gasteiger partial charge in [-0.3, -0.25) is 5.01 Å². The third-order valence-electron chi connectivity index (χ3n) is 2.45. The van der Waals surface area contributed by atoms with Crippen LogP contribution in [0.15, 0.2) is 30.3 Å². The molecule has 1 aliphatic rings. The summed E-state index contributed by atoms with van der Waals surface area (Å²) in [5.41, 5.74) is 3.29. The van der Waals surface area contributed by atoms with E-state index in [0.717, 1.165) is 5.69 Å². The van der Waals surface area contributed by atoms with Crippen LogP contribution in [0.3, 0.4) is 0 Å². The zero-order valence-corrected chi connectivity index (χ0v) is 10.1. The molecule has 1 fully saturated rings. The van der Waals surface area contributed by atoms with Gasteiger partial charge in [0.1, 0.15) is 5.72 Å². The number of nitrogens with zero attached hydrogens (tertiary/aromatic N) is 1. The maximum atomic E-state index is 12.0. The number of urea groups is 1. The van der Waals surface area contributed by atoms with Crippen LogP contribution < -0.4 is 10.7 Å². The molecule has 1 heterocycles. The molecule has 1 aliphatic heterocycles. The molecule has 2 rings (SSSR count). The predicted octanol–water partition coefficient (Wildman–Crippen LogP) is 1.79. The van der Waals surface area contributed by atoms with Gasteiger partial charge < -0.3 is 10.1 Å². The normalized spacial score (nSPS) is 18.8. The van der Waals surface area contributed by atoms with Crippen molar-refractivity contribution in [3.63, 3.8) is 0 Å². The van der Waals surface area contributed by atoms with Gasteiger partial charge in [-0.1, -0.05) is 18.2 Å². The Morgan fingerprint density at radius 2 is 2.12 bits per heavy atom. The molecule has 0 radical (unpaired) electrons. The van der Waals surface area contributed by atoms with Gasteiger partial charge in [0.25, 0.3) is 0 Å². The number of hydrazine groups is 1. The zero-order chi connectivity index (χ0) is 12.3.